The molecule has 2 aromatic rings. The molecule has 0 aliphatic rings. The van der Waals surface area contributed by atoms with Crippen molar-refractivity contribution in [2.75, 3.05) is 32.7 Å². The Morgan fingerprint density at radius 1 is 1.36 bits per heavy atom. The summed E-state index contributed by atoms with van der Waals surface area (Å²) in [5, 5.41) is 1.80. The topological polar surface area (TPSA) is 53.3 Å². The van der Waals surface area contributed by atoms with Crippen LogP contribution in [0, 0.1) is 0 Å². The standard InChI is InChI=1S/C15H19ClN2O3S/c1-3-21-8-9-22-15-17-13-10-11(16)4-5-12(13)14(19)18(15)6-7-20-2/h4-5,10H,3,6-9H2,1-2H3. The monoisotopic (exact) mass is 342 g/mol. The first-order valence-corrected chi connectivity index (χ1v) is 8.43. The van der Waals surface area contributed by atoms with Gasteiger partial charge in [0.05, 0.1) is 30.7 Å². The van der Waals surface area contributed by atoms with Crippen LogP contribution in [-0.2, 0) is 16.0 Å². The Labute approximate surface area is 138 Å². The highest BCUT2D eigenvalue weighted by Crippen LogP contribution is 2.20. The van der Waals surface area contributed by atoms with Crippen molar-refractivity contribution in [3.05, 3.63) is 33.6 Å². The summed E-state index contributed by atoms with van der Waals surface area (Å²) >= 11 is 7.50. The Balaban J connectivity index is 2.38. The lowest BCUT2D eigenvalue weighted by Gasteiger charge is -2.12. The van der Waals surface area contributed by atoms with Gasteiger partial charge in [-0.15, -0.1) is 0 Å². The van der Waals surface area contributed by atoms with Crippen LogP contribution in [0.15, 0.2) is 28.2 Å². The molecule has 0 aliphatic carbocycles. The first kappa shape index (κ1) is 17.3. The summed E-state index contributed by atoms with van der Waals surface area (Å²) in [5.74, 6) is 0.735. The molecule has 0 atom stereocenters. The number of aromatic nitrogens is 2. The van der Waals surface area contributed by atoms with Gasteiger partial charge in [0, 0.05) is 24.5 Å². The first-order valence-electron chi connectivity index (χ1n) is 7.07. The third-order valence-corrected chi connectivity index (χ3v) is 4.24. The molecule has 22 heavy (non-hydrogen) atoms. The summed E-state index contributed by atoms with van der Waals surface area (Å²) in [6.07, 6.45) is 0. The largest absolute Gasteiger partial charge is 0.383 e. The lowest BCUT2D eigenvalue weighted by Crippen LogP contribution is -2.25. The molecule has 0 N–H and O–H groups in total. The van der Waals surface area contributed by atoms with E-state index in [0.717, 1.165) is 5.75 Å². The van der Waals surface area contributed by atoms with E-state index in [0.29, 0.717) is 47.4 Å². The van der Waals surface area contributed by atoms with Gasteiger partial charge >= 0.3 is 0 Å². The first-order chi connectivity index (χ1) is 10.7. The van der Waals surface area contributed by atoms with Crippen LogP contribution in [0.3, 0.4) is 0 Å². The molecular weight excluding hydrogens is 324 g/mol. The summed E-state index contributed by atoms with van der Waals surface area (Å²) in [5.41, 5.74) is 0.544. The Kier molecular flexibility index (Phi) is 6.70. The van der Waals surface area contributed by atoms with Gasteiger partial charge in [-0.2, -0.15) is 0 Å². The van der Waals surface area contributed by atoms with Crippen LogP contribution in [0.2, 0.25) is 5.02 Å². The molecule has 2 rings (SSSR count). The zero-order valence-electron chi connectivity index (χ0n) is 12.7. The predicted octanol–water partition coefficient (Wildman–Crippen LogP) is 2.82. The summed E-state index contributed by atoms with van der Waals surface area (Å²) in [6.45, 7) is 4.18. The van der Waals surface area contributed by atoms with Crippen LogP contribution in [0.4, 0.5) is 0 Å². The van der Waals surface area contributed by atoms with Gasteiger partial charge < -0.3 is 9.47 Å². The van der Waals surface area contributed by atoms with E-state index < -0.39 is 0 Å². The SMILES string of the molecule is CCOCCSc1nc2cc(Cl)ccc2c(=O)n1CCOC. The molecular formula is C15H19ClN2O3S. The van der Waals surface area contributed by atoms with Gasteiger partial charge in [0.1, 0.15) is 0 Å². The number of rotatable bonds is 8. The minimum atomic E-state index is -0.0716. The fraction of sp³-hybridized carbons (Fsp3) is 0.467. The molecule has 0 spiro atoms. The van der Waals surface area contributed by atoms with Gasteiger partial charge in [0.2, 0.25) is 0 Å². The number of nitrogens with zero attached hydrogens (tertiary/aromatic N) is 2. The molecule has 1 aromatic carbocycles. The van der Waals surface area contributed by atoms with Gasteiger partial charge in [0.25, 0.3) is 5.56 Å². The summed E-state index contributed by atoms with van der Waals surface area (Å²) in [7, 11) is 1.61. The lowest BCUT2D eigenvalue weighted by atomic mass is 10.2. The van der Waals surface area contributed by atoms with E-state index in [1.54, 1.807) is 29.9 Å². The van der Waals surface area contributed by atoms with Crippen LogP contribution in [0.1, 0.15) is 6.92 Å². The highest BCUT2D eigenvalue weighted by atomic mass is 35.5. The van der Waals surface area contributed by atoms with Gasteiger partial charge in [-0.1, -0.05) is 23.4 Å². The maximum absolute atomic E-state index is 12.6. The van der Waals surface area contributed by atoms with Crippen molar-refractivity contribution in [2.45, 2.75) is 18.6 Å². The zero-order valence-corrected chi connectivity index (χ0v) is 14.2. The fourth-order valence-electron chi connectivity index (χ4n) is 2.00. The molecule has 0 saturated carbocycles. The van der Waals surface area contributed by atoms with E-state index in [1.807, 2.05) is 6.92 Å². The third kappa shape index (κ3) is 4.23. The molecule has 0 saturated heterocycles. The van der Waals surface area contributed by atoms with Crippen molar-refractivity contribution in [2.24, 2.45) is 0 Å². The second kappa shape index (κ2) is 8.53. The normalized spacial score (nSPS) is 11.2. The average molecular weight is 343 g/mol. The predicted molar refractivity (Wildman–Crippen MR) is 90.1 cm³/mol. The van der Waals surface area contributed by atoms with Crippen LogP contribution in [-0.4, -0.2) is 42.2 Å². The summed E-state index contributed by atoms with van der Waals surface area (Å²) < 4.78 is 12.1. The van der Waals surface area contributed by atoms with E-state index in [1.165, 1.54) is 11.8 Å². The fourth-order valence-corrected chi connectivity index (χ4v) is 3.04. The number of ether oxygens (including phenoxy) is 2. The maximum atomic E-state index is 12.6. The van der Waals surface area contributed by atoms with Crippen molar-refractivity contribution < 1.29 is 9.47 Å². The van der Waals surface area contributed by atoms with Crippen LogP contribution < -0.4 is 5.56 Å². The average Bonchev–Trinajstić information content (AvgIpc) is 2.51. The van der Waals surface area contributed by atoms with E-state index in [9.17, 15) is 4.79 Å². The number of hydrogen-bond donors (Lipinski definition) is 0. The molecule has 1 heterocycles. The molecule has 0 radical (unpaired) electrons. The van der Waals surface area contributed by atoms with Crippen LogP contribution in [0.5, 0.6) is 0 Å². The number of fused-ring (bicyclic) bond motifs is 1. The summed E-state index contributed by atoms with van der Waals surface area (Å²) in [4.78, 5) is 17.2. The van der Waals surface area contributed by atoms with E-state index in [2.05, 4.69) is 4.98 Å². The number of halogens is 1. The van der Waals surface area contributed by atoms with Crippen molar-refractivity contribution in [1.29, 1.82) is 0 Å². The number of methoxy groups -OCH3 is 1. The maximum Gasteiger partial charge on any atom is 0.262 e. The van der Waals surface area contributed by atoms with E-state index in [4.69, 9.17) is 21.1 Å². The number of thioether (sulfide) groups is 1. The highest BCUT2D eigenvalue weighted by molar-refractivity contribution is 7.99. The Morgan fingerprint density at radius 3 is 2.91 bits per heavy atom. The lowest BCUT2D eigenvalue weighted by molar-refractivity contribution is 0.164. The zero-order chi connectivity index (χ0) is 15.9. The molecule has 7 heteroatoms. The van der Waals surface area contributed by atoms with Crippen molar-refractivity contribution in [3.8, 4) is 0 Å². The van der Waals surface area contributed by atoms with Crippen molar-refractivity contribution >= 4 is 34.3 Å². The van der Waals surface area contributed by atoms with E-state index in [-0.39, 0.29) is 5.56 Å². The Hall–Kier alpha value is -1.08. The molecule has 1 aromatic heterocycles. The quantitative estimate of drug-likeness (QED) is 0.419. The van der Waals surface area contributed by atoms with E-state index >= 15 is 0 Å². The molecule has 0 fully saturated rings. The third-order valence-electron chi connectivity index (χ3n) is 3.06. The number of benzene rings is 1. The molecule has 0 aliphatic heterocycles. The molecule has 0 unspecified atom stereocenters. The molecule has 120 valence electrons. The molecule has 0 bridgehead atoms. The second-order valence-corrected chi connectivity index (χ2v) is 6.05. The number of hydrogen-bond acceptors (Lipinski definition) is 5. The highest BCUT2D eigenvalue weighted by Gasteiger charge is 2.11. The Morgan fingerprint density at radius 2 is 2.18 bits per heavy atom. The molecule has 0 amide bonds. The van der Waals surface area contributed by atoms with Crippen LogP contribution >= 0.6 is 23.4 Å². The second-order valence-electron chi connectivity index (χ2n) is 4.55. The van der Waals surface area contributed by atoms with Gasteiger partial charge in [-0.25, -0.2) is 4.98 Å². The van der Waals surface area contributed by atoms with Crippen molar-refractivity contribution in [3.63, 3.8) is 0 Å². The van der Waals surface area contributed by atoms with Crippen molar-refractivity contribution in [1.82, 2.24) is 9.55 Å². The minimum Gasteiger partial charge on any atom is -0.383 e. The van der Waals surface area contributed by atoms with Gasteiger partial charge in [-0.05, 0) is 25.1 Å². The molecule has 5 nitrogen and oxygen atoms in total. The van der Waals surface area contributed by atoms with Gasteiger partial charge in [0.15, 0.2) is 5.16 Å². The van der Waals surface area contributed by atoms with Gasteiger partial charge in [-0.3, -0.25) is 9.36 Å². The Bertz CT molecular complexity index is 690. The summed E-state index contributed by atoms with van der Waals surface area (Å²) in [6, 6.07) is 5.13. The van der Waals surface area contributed by atoms with Crippen LogP contribution in [0.25, 0.3) is 10.9 Å². The minimum absolute atomic E-state index is 0.0716. The smallest absolute Gasteiger partial charge is 0.262 e.